The predicted octanol–water partition coefficient (Wildman–Crippen LogP) is 2.47. The third-order valence-electron chi connectivity index (χ3n) is 2.28. The summed E-state index contributed by atoms with van der Waals surface area (Å²) in [6, 6.07) is 5.99. The van der Waals surface area contributed by atoms with Gasteiger partial charge in [0.2, 0.25) is 0 Å². The average Bonchev–Trinajstić information content (AvgIpc) is 2.68. The molecule has 1 N–H and O–H groups in total. The molecule has 0 unspecified atom stereocenters. The van der Waals surface area contributed by atoms with Gasteiger partial charge < -0.3 is 0 Å². The number of rotatable bonds is 3. The molecule has 1 aromatic rings. The first-order chi connectivity index (χ1) is 9.06. The van der Waals surface area contributed by atoms with Crippen LogP contribution in [-0.2, 0) is 4.79 Å². The normalized spacial score (nSPS) is 17.2. The van der Waals surface area contributed by atoms with Crippen LogP contribution in [0.4, 0.5) is 10.5 Å². The van der Waals surface area contributed by atoms with E-state index in [4.69, 9.17) is 0 Å². The third-order valence-corrected chi connectivity index (χ3v) is 3.11. The number of thioether (sulfide) groups is 1. The second kappa shape index (κ2) is 5.49. The Morgan fingerprint density at radius 3 is 2.42 bits per heavy atom. The monoisotopic (exact) mass is 276 g/mol. The number of nitrogens with zero attached hydrogens (tertiary/aromatic N) is 1. The number of imide groups is 1. The SMILES string of the molecule is O=C1NC(=O)/C(=C/C=C/c2ccc([N+](=O)[O-])cc2)S1. The lowest BCUT2D eigenvalue weighted by molar-refractivity contribution is -0.384. The minimum Gasteiger partial charge on any atom is -0.282 e. The quantitative estimate of drug-likeness (QED) is 0.520. The molecule has 1 aliphatic heterocycles. The number of nitro benzene ring substituents is 1. The molecule has 0 aliphatic carbocycles. The molecular formula is C12H8N2O4S. The predicted molar refractivity (Wildman–Crippen MR) is 71.3 cm³/mol. The van der Waals surface area contributed by atoms with E-state index < -0.39 is 10.8 Å². The lowest BCUT2D eigenvalue weighted by atomic mass is 10.2. The largest absolute Gasteiger partial charge is 0.290 e. The fraction of sp³-hybridized carbons (Fsp3) is 0. The summed E-state index contributed by atoms with van der Waals surface area (Å²) in [6.45, 7) is 0. The zero-order valence-electron chi connectivity index (χ0n) is 9.53. The molecule has 6 nitrogen and oxygen atoms in total. The van der Waals surface area contributed by atoms with Crippen LogP contribution in [0.3, 0.4) is 0 Å². The van der Waals surface area contributed by atoms with Gasteiger partial charge in [-0.1, -0.05) is 12.2 Å². The van der Waals surface area contributed by atoms with Crippen LogP contribution in [0.2, 0.25) is 0 Å². The number of nitro groups is 1. The Labute approximate surface area is 112 Å². The van der Waals surface area contributed by atoms with E-state index in [1.54, 1.807) is 24.3 Å². The van der Waals surface area contributed by atoms with Gasteiger partial charge in [-0.05, 0) is 35.5 Å². The third kappa shape index (κ3) is 3.29. The molecule has 0 bridgehead atoms. The topological polar surface area (TPSA) is 89.3 Å². The number of carbonyl (C=O) groups is 2. The minimum atomic E-state index is -0.472. The number of benzene rings is 1. The van der Waals surface area contributed by atoms with Crippen molar-refractivity contribution in [1.82, 2.24) is 5.32 Å². The maximum absolute atomic E-state index is 11.2. The molecule has 1 aromatic carbocycles. The summed E-state index contributed by atoms with van der Waals surface area (Å²) in [6.07, 6.45) is 4.82. The van der Waals surface area contributed by atoms with Gasteiger partial charge in [-0.2, -0.15) is 0 Å². The molecule has 1 saturated heterocycles. The molecule has 2 rings (SSSR count). The van der Waals surface area contributed by atoms with E-state index >= 15 is 0 Å². The number of hydrogen-bond acceptors (Lipinski definition) is 5. The Morgan fingerprint density at radius 1 is 1.21 bits per heavy atom. The standard InChI is InChI=1S/C12H8N2O4S/c15-11-10(19-12(16)13-11)3-1-2-8-4-6-9(7-5-8)14(17)18/h1-7H,(H,13,15,16)/b2-1+,10-3-. The van der Waals surface area contributed by atoms with Gasteiger partial charge in [-0.25, -0.2) is 0 Å². The highest BCUT2D eigenvalue weighted by molar-refractivity contribution is 8.18. The average molecular weight is 276 g/mol. The first-order valence-electron chi connectivity index (χ1n) is 5.22. The van der Waals surface area contributed by atoms with Crippen molar-refractivity contribution < 1.29 is 14.5 Å². The number of amides is 2. The van der Waals surface area contributed by atoms with Crippen LogP contribution in [0.15, 0.2) is 41.3 Å². The van der Waals surface area contributed by atoms with Crippen LogP contribution in [-0.4, -0.2) is 16.1 Å². The molecule has 1 heterocycles. The zero-order valence-corrected chi connectivity index (χ0v) is 10.3. The van der Waals surface area contributed by atoms with Gasteiger partial charge in [0.15, 0.2) is 0 Å². The molecular weight excluding hydrogens is 268 g/mol. The highest BCUT2D eigenvalue weighted by Crippen LogP contribution is 2.23. The molecule has 19 heavy (non-hydrogen) atoms. The fourth-order valence-electron chi connectivity index (χ4n) is 1.39. The Kier molecular flexibility index (Phi) is 3.76. The van der Waals surface area contributed by atoms with E-state index in [0.717, 1.165) is 17.3 Å². The van der Waals surface area contributed by atoms with Crippen LogP contribution in [0.25, 0.3) is 6.08 Å². The molecule has 0 spiro atoms. The smallest absolute Gasteiger partial charge is 0.282 e. The van der Waals surface area contributed by atoms with Crippen LogP contribution >= 0.6 is 11.8 Å². The second-order valence-corrected chi connectivity index (χ2v) is 4.60. The summed E-state index contributed by atoms with van der Waals surface area (Å²) in [4.78, 5) is 32.4. The van der Waals surface area contributed by atoms with Crippen molar-refractivity contribution in [3.8, 4) is 0 Å². The summed E-state index contributed by atoms with van der Waals surface area (Å²) in [5.74, 6) is -0.414. The van der Waals surface area contributed by atoms with Gasteiger partial charge in [0.25, 0.3) is 16.8 Å². The number of hydrogen-bond donors (Lipinski definition) is 1. The Morgan fingerprint density at radius 2 is 1.89 bits per heavy atom. The summed E-state index contributed by atoms with van der Waals surface area (Å²) in [7, 11) is 0. The van der Waals surface area contributed by atoms with E-state index in [0.29, 0.717) is 4.91 Å². The highest BCUT2D eigenvalue weighted by Gasteiger charge is 2.24. The van der Waals surface area contributed by atoms with Crippen LogP contribution < -0.4 is 5.32 Å². The van der Waals surface area contributed by atoms with Crippen LogP contribution in [0.1, 0.15) is 5.56 Å². The fourth-order valence-corrected chi connectivity index (χ4v) is 2.02. The van der Waals surface area contributed by atoms with Gasteiger partial charge in [-0.15, -0.1) is 0 Å². The molecule has 96 valence electrons. The number of carbonyl (C=O) groups excluding carboxylic acids is 2. The van der Waals surface area contributed by atoms with Crippen LogP contribution in [0.5, 0.6) is 0 Å². The number of non-ortho nitro benzene ring substituents is 1. The van der Waals surface area contributed by atoms with Gasteiger partial charge in [0, 0.05) is 12.1 Å². The van der Waals surface area contributed by atoms with Gasteiger partial charge >= 0.3 is 0 Å². The number of nitrogens with one attached hydrogen (secondary N) is 1. The summed E-state index contributed by atoms with van der Waals surface area (Å²) < 4.78 is 0. The molecule has 0 atom stereocenters. The number of allylic oxidation sites excluding steroid dienone is 2. The van der Waals surface area contributed by atoms with Gasteiger partial charge in [0.1, 0.15) is 0 Å². The van der Waals surface area contributed by atoms with Crippen molar-refractivity contribution in [2.24, 2.45) is 0 Å². The van der Waals surface area contributed by atoms with E-state index in [-0.39, 0.29) is 10.9 Å². The van der Waals surface area contributed by atoms with E-state index in [9.17, 15) is 19.7 Å². The highest BCUT2D eigenvalue weighted by atomic mass is 32.2. The molecule has 1 aliphatic rings. The van der Waals surface area contributed by atoms with Crippen molar-refractivity contribution in [2.75, 3.05) is 0 Å². The van der Waals surface area contributed by atoms with Crippen molar-refractivity contribution in [3.63, 3.8) is 0 Å². The minimum absolute atomic E-state index is 0.0202. The van der Waals surface area contributed by atoms with Gasteiger partial charge in [-0.3, -0.25) is 25.0 Å². The molecule has 1 fully saturated rings. The first-order valence-corrected chi connectivity index (χ1v) is 6.04. The molecule has 0 saturated carbocycles. The molecule has 0 radical (unpaired) electrons. The maximum atomic E-state index is 11.2. The molecule has 0 aromatic heterocycles. The maximum Gasteiger partial charge on any atom is 0.290 e. The van der Waals surface area contributed by atoms with E-state index in [1.807, 2.05) is 0 Å². The lowest BCUT2D eigenvalue weighted by Gasteiger charge is -1.92. The van der Waals surface area contributed by atoms with E-state index in [1.165, 1.54) is 18.2 Å². The lowest BCUT2D eigenvalue weighted by Crippen LogP contribution is -2.17. The Hall–Kier alpha value is -2.41. The summed E-state index contributed by atoms with van der Waals surface area (Å²) in [5.41, 5.74) is 0.781. The van der Waals surface area contributed by atoms with Gasteiger partial charge in [0.05, 0.1) is 9.83 Å². The van der Waals surface area contributed by atoms with E-state index in [2.05, 4.69) is 5.32 Å². The van der Waals surface area contributed by atoms with Crippen molar-refractivity contribution >= 4 is 34.7 Å². The summed E-state index contributed by atoms with van der Waals surface area (Å²) >= 11 is 0.836. The first kappa shape index (κ1) is 13.0. The summed E-state index contributed by atoms with van der Waals surface area (Å²) in [5, 5.41) is 12.2. The zero-order chi connectivity index (χ0) is 13.8. The van der Waals surface area contributed by atoms with Crippen molar-refractivity contribution in [3.05, 3.63) is 57.0 Å². The van der Waals surface area contributed by atoms with Crippen LogP contribution in [0, 0.1) is 10.1 Å². The Balaban J connectivity index is 2.07. The molecule has 2 amide bonds. The van der Waals surface area contributed by atoms with Crippen molar-refractivity contribution in [2.45, 2.75) is 0 Å². The van der Waals surface area contributed by atoms with Crippen molar-refractivity contribution in [1.29, 1.82) is 0 Å². The molecule has 7 heteroatoms. The Bertz CT molecular complexity index is 605. The second-order valence-electron chi connectivity index (χ2n) is 3.58.